The summed E-state index contributed by atoms with van der Waals surface area (Å²) in [5.41, 5.74) is 6.23. The van der Waals surface area contributed by atoms with Gasteiger partial charge in [-0.05, 0) is 38.8 Å². The lowest BCUT2D eigenvalue weighted by Gasteiger charge is -2.32. The largest absolute Gasteiger partial charge is 0.311 e. The van der Waals surface area contributed by atoms with Crippen LogP contribution < -0.4 is 5.73 Å². The number of nitrogens with zero attached hydrogens (tertiary/aromatic N) is 4. The average Bonchev–Trinajstić information content (AvgIpc) is 2.84. The second-order valence-electron chi connectivity index (χ2n) is 5.54. The molecule has 0 aromatic carbocycles. The van der Waals surface area contributed by atoms with Crippen LogP contribution in [0.5, 0.6) is 0 Å². The first-order valence-corrected chi connectivity index (χ1v) is 7.21. The van der Waals surface area contributed by atoms with Crippen LogP contribution in [-0.2, 0) is 6.42 Å². The predicted octanol–water partition coefficient (Wildman–Crippen LogP) is 1.27. The van der Waals surface area contributed by atoms with E-state index in [-0.39, 0.29) is 6.17 Å². The van der Waals surface area contributed by atoms with Gasteiger partial charge in [0.05, 0.1) is 6.17 Å². The van der Waals surface area contributed by atoms with E-state index >= 15 is 0 Å². The SMILES string of the molecule is CCN1CCCC(c2nnc3n2C(N)CCC3)C1. The zero-order chi connectivity index (χ0) is 12.5. The number of nitrogens with two attached hydrogens (primary N) is 1. The molecule has 1 saturated heterocycles. The minimum atomic E-state index is 0.0933. The van der Waals surface area contributed by atoms with Crippen LogP contribution in [0.25, 0.3) is 0 Å². The molecular formula is C13H23N5. The molecule has 0 aliphatic carbocycles. The Bertz CT molecular complexity index is 414. The predicted molar refractivity (Wildman–Crippen MR) is 70.3 cm³/mol. The van der Waals surface area contributed by atoms with Gasteiger partial charge >= 0.3 is 0 Å². The number of piperidine rings is 1. The molecule has 0 bridgehead atoms. The van der Waals surface area contributed by atoms with E-state index in [0.717, 1.165) is 44.0 Å². The van der Waals surface area contributed by atoms with Crippen LogP contribution in [0.2, 0.25) is 0 Å². The molecule has 1 fully saturated rings. The minimum absolute atomic E-state index is 0.0933. The second kappa shape index (κ2) is 4.97. The van der Waals surface area contributed by atoms with Gasteiger partial charge in [-0.2, -0.15) is 0 Å². The highest BCUT2D eigenvalue weighted by Crippen LogP contribution is 2.30. The molecule has 0 amide bonds. The molecule has 0 radical (unpaired) electrons. The fourth-order valence-electron chi connectivity index (χ4n) is 3.30. The van der Waals surface area contributed by atoms with Crippen LogP contribution in [0, 0.1) is 0 Å². The summed E-state index contributed by atoms with van der Waals surface area (Å²) in [6.07, 6.45) is 5.81. The van der Waals surface area contributed by atoms with E-state index in [0.29, 0.717) is 5.92 Å². The highest BCUT2D eigenvalue weighted by molar-refractivity contribution is 5.08. The Morgan fingerprint density at radius 3 is 3.00 bits per heavy atom. The maximum absolute atomic E-state index is 6.23. The molecule has 1 aromatic rings. The zero-order valence-electron chi connectivity index (χ0n) is 11.2. The molecule has 5 nitrogen and oxygen atoms in total. The lowest BCUT2D eigenvalue weighted by atomic mass is 9.96. The van der Waals surface area contributed by atoms with Crippen molar-refractivity contribution in [2.24, 2.45) is 5.73 Å². The van der Waals surface area contributed by atoms with Gasteiger partial charge in [-0.15, -0.1) is 10.2 Å². The van der Waals surface area contributed by atoms with Gasteiger partial charge in [0.2, 0.25) is 0 Å². The first kappa shape index (κ1) is 12.1. The van der Waals surface area contributed by atoms with E-state index in [1.807, 2.05) is 0 Å². The van der Waals surface area contributed by atoms with Crippen molar-refractivity contribution in [2.45, 2.75) is 51.1 Å². The third-order valence-corrected chi connectivity index (χ3v) is 4.34. The van der Waals surface area contributed by atoms with Gasteiger partial charge < -0.3 is 10.6 Å². The number of aromatic nitrogens is 3. The fourth-order valence-corrected chi connectivity index (χ4v) is 3.30. The highest BCUT2D eigenvalue weighted by Gasteiger charge is 2.29. The Morgan fingerprint density at radius 1 is 1.28 bits per heavy atom. The van der Waals surface area contributed by atoms with Crippen LogP contribution >= 0.6 is 0 Å². The van der Waals surface area contributed by atoms with Crippen LogP contribution in [0.3, 0.4) is 0 Å². The van der Waals surface area contributed by atoms with Crippen molar-refractivity contribution in [3.05, 3.63) is 11.6 Å². The van der Waals surface area contributed by atoms with Crippen LogP contribution in [0.1, 0.15) is 56.3 Å². The third kappa shape index (κ3) is 2.06. The van der Waals surface area contributed by atoms with Gasteiger partial charge in [0.15, 0.2) is 0 Å². The van der Waals surface area contributed by atoms with Gasteiger partial charge in [0.25, 0.3) is 0 Å². The molecule has 100 valence electrons. The first-order valence-electron chi connectivity index (χ1n) is 7.21. The van der Waals surface area contributed by atoms with Gasteiger partial charge in [0.1, 0.15) is 11.6 Å². The van der Waals surface area contributed by atoms with Crippen molar-refractivity contribution in [1.29, 1.82) is 0 Å². The van der Waals surface area contributed by atoms with E-state index in [9.17, 15) is 0 Å². The summed E-state index contributed by atoms with van der Waals surface area (Å²) in [4.78, 5) is 2.50. The van der Waals surface area contributed by atoms with E-state index in [4.69, 9.17) is 5.73 Å². The number of hydrogen-bond acceptors (Lipinski definition) is 4. The average molecular weight is 249 g/mol. The smallest absolute Gasteiger partial charge is 0.138 e. The molecule has 2 aliphatic heterocycles. The number of likely N-dealkylation sites (N-methyl/N-ethyl adjacent to an activating group) is 1. The Labute approximate surface area is 108 Å². The first-order chi connectivity index (χ1) is 8.79. The maximum atomic E-state index is 6.23. The molecule has 2 unspecified atom stereocenters. The number of aryl methyl sites for hydroxylation is 1. The molecule has 2 N–H and O–H groups in total. The molecule has 0 spiro atoms. The van der Waals surface area contributed by atoms with Crippen molar-refractivity contribution in [2.75, 3.05) is 19.6 Å². The highest BCUT2D eigenvalue weighted by atomic mass is 15.3. The topological polar surface area (TPSA) is 60.0 Å². The minimum Gasteiger partial charge on any atom is -0.311 e. The maximum Gasteiger partial charge on any atom is 0.138 e. The Hall–Kier alpha value is -0.940. The fraction of sp³-hybridized carbons (Fsp3) is 0.846. The quantitative estimate of drug-likeness (QED) is 0.857. The standard InChI is InChI=1S/C13H23N5/c1-2-17-8-4-5-10(9-17)13-16-15-12-7-3-6-11(14)18(12)13/h10-11H,2-9,14H2,1H3. The van der Waals surface area contributed by atoms with Crippen molar-refractivity contribution >= 4 is 0 Å². The molecule has 3 rings (SSSR count). The number of likely N-dealkylation sites (tertiary alicyclic amines) is 1. The number of hydrogen-bond donors (Lipinski definition) is 1. The Morgan fingerprint density at radius 2 is 2.17 bits per heavy atom. The number of rotatable bonds is 2. The lowest BCUT2D eigenvalue weighted by Crippen LogP contribution is -2.36. The summed E-state index contributed by atoms with van der Waals surface area (Å²) in [7, 11) is 0. The van der Waals surface area contributed by atoms with Gasteiger partial charge in [-0.1, -0.05) is 6.92 Å². The van der Waals surface area contributed by atoms with Crippen molar-refractivity contribution in [1.82, 2.24) is 19.7 Å². The van der Waals surface area contributed by atoms with Crippen molar-refractivity contribution < 1.29 is 0 Å². The molecule has 18 heavy (non-hydrogen) atoms. The second-order valence-corrected chi connectivity index (χ2v) is 5.54. The molecule has 0 saturated carbocycles. The van der Waals surface area contributed by atoms with E-state index in [2.05, 4.69) is 26.6 Å². The molecule has 5 heteroatoms. The zero-order valence-corrected chi connectivity index (χ0v) is 11.2. The Kier molecular flexibility index (Phi) is 3.35. The summed E-state index contributed by atoms with van der Waals surface area (Å²) < 4.78 is 2.22. The van der Waals surface area contributed by atoms with Crippen LogP contribution in [0.4, 0.5) is 0 Å². The van der Waals surface area contributed by atoms with Crippen LogP contribution in [-0.4, -0.2) is 39.3 Å². The summed E-state index contributed by atoms with van der Waals surface area (Å²) in [6.45, 7) is 5.69. The van der Waals surface area contributed by atoms with Crippen molar-refractivity contribution in [3.63, 3.8) is 0 Å². The van der Waals surface area contributed by atoms with E-state index in [1.54, 1.807) is 0 Å². The summed E-state index contributed by atoms with van der Waals surface area (Å²) in [5, 5.41) is 8.79. The van der Waals surface area contributed by atoms with Crippen molar-refractivity contribution in [3.8, 4) is 0 Å². The molecule has 2 aliphatic rings. The van der Waals surface area contributed by atoms with Gasteiger partial charge in [-0.3, -0.25) is 4.57 Å². The normalized spacial score (nSPS) is 29.2. The van der Waals surface area contributed by atoms with E-state index < -0.39 is 0 Å². The summed E-state index contributed by atoms with van der Waals surface area (Å²) >= 11 is 0. The summed E-state index contributed by atoms with van der Waals surface area (Å²) in [6, 6.07) is 0. The molecular weight excluding hydrogens is 226 g/mol. The Balaban J connectivity index is 1.86. The molecule has 2 atom stereocenters. The van der Waals surface area contributed by atoms with Crippen LogP contribution in [0.15, 0.2) is 0 Å². The summed E-state index contributed by atoms with van der Waals surface area (Å²) in [5.74, 6) is 2.75. The number of fused-ring (bicyclic) bond motifs is 1. The van der Waals surface area contributed by atoms with Gasteiger partial charge in [-0.25, -0.2) is 0 Å². The molecule has 3 heterocycles. The van der Waals surface area contributed by atoms with Gasteiger partial charge in [0, 0.05) is 18.9 Å². The third-order valence-electron chi connectivity index (χ3n) is 4.34. The lowest BCUT2D eigenvalue weighted by molar-refractivity contribution is 0.208. The van der Waals surface area contributed by atoms with E-state index in [1.165, 1.54) is 19.4 Å². The molecule has 1 aromatic heterocycles. The monoisotopic (exact) mass is 249 g/mol.